The number of hydrogen-bond donors (Lipinski definition) is 1. The van der Waals surface area contributed by atoms with Crippen LogP contribution in [0.4, 0.5) is 0 Å². The summed E-state index contributed by atoms with van der Waals surface area (Å²) in [5.41, 5.74) is 8.89. The van der Waals surface area contributed by atoms with Gasteiger partial charge >= 0.3 is 0 Å². The molecule has 2 rings (SSSR count). The first kappa shape index (κ1) is 11.9. The van der Waals surface area contributed by atoms with Crippen molar-refractivity contribution in [2.24, 2.45) is 0 Å². The Balaban J connectivity index is 2.79. The highest BCUT2D eigenvalue weighted by Gasteiger charge is 2.15. The van der Waals surface area contributed by atoms with Crippen molar-refractivity contribution >= 4 is 0 Å². The van der Waals surface area contributed by atoms with Crippen molar-refractivity contribution in [3.8, 4) is 11.3 Å². The Hall–Kier alpha value is -1.57. The van der Waals surface area contributed by atoms with E-state index in [0.29, 0.717) is 0 Å². The van der Waals surface area contributed by atoms with Crippen molar-refractivity contribution in [1.82, 2.24) is 9.97 Å². The molecule has 0 saturated carbocycles. The van der Waals surface area contributed by atoms with Gasteiger partial charge in [0.1, 0.15) is 5.82 Å². The zero-order chi connectivity index (χ0) is 12.7. The fraction of sp³-hybridized carbons (Fsp3) is 0.400. The van der Waals surface area contributed by atoms with Crippen molar-refractivity contribution < 1.29 is 0 Å². The molecule has 0 aliphatic carbocycles. The van der Waals surface area contributed by atoms with E-state index in [1.807, 2.05) is 6.92 Å². The average Bonchev–Trinajstić information content (AvgIpc) is 2.56. The largest absolute Gasteiger partial charge is 0.346 e. The van der Waals surface area contributed by atoms with E-state index < -0.39 is 0 Å². The molecule has 90 valence electrons. The highest BCUT2D eigenvalue weighted by Crippen LogP contribution is 2.32. The number of aromatic nitrogens is 2. The van der Waals surface area contributed by atoms with Crippen molar-refractivity contribution in [2.45, 2.75) is 41.5 Å². The first-order valence-electron chi connectivity index (χ1n) is 6.02. The van der Waals surface area contributed by atoms with Crippen LogP contribution in [-0.2, 0) is 0 Å². The summed E-state index contributed by atoms with van der Waals surface area (Å²) in [7, 11) is 0. The van der Waals surface area contributed by atoms with E-state index in [0.717, 1.165) is 17.2 Å². The lowest BCUT2D eigenvalue weighted by Crippen LogP contribution is -1.96. The van der Waals surface area contributed by atoms with Crippen LogP contribution in [0.15, 0.2) is 6.07 Å². The zero-order valence-electron chi connectivity index (χ0n) is 11.5. The Morgan fingerprint density at radius 1 is 0.882 bits per heavy atom. The second kappa shape index (κ2) is 4.02. The molecule has 2 nitrogen and oxygen atoms in total. The average molecular weight is 228 g/mol. The van der Waals surface area contributed by atoms with Gasteiger partial charge in [0.25, 0.3) is 0 Å². The van der Waals surface area contributed by atoms with Crippen LogP contribution >= 0.6 is 0 Å². The number of nitrogens with one attached hydrogen (secondary N) is 1. The highest BCUT2D eigenvalue weighted by atomic mass is 14.9. The molecule has 0 aliphatic rings. The molecule has 0 amide bonds. The maximum atomic E-state index is 4.63. The molecule has 1 N–H and O–H groups in total. The first-order chi connectivity index (χ1) is 7.91. The summed E-state index contributed by atoms with van der Waals surface area (Å²) in [6.45, 7) is 12.8. The van der Waals surface area contributed by atoms with E-state index in [1.54, 1.807) is 0 Å². The molecule has 0 saturated heterocycles. The lowest BCUT2D eigenvalue weighted by Gasteiger charge is -2.14. The van der Waals surface area contributed by atoms with Crippen molar-refractivity contribution in [2.75, 3.05) is 0 Å². The van der Waals surface area contributed by atoms with E-state index in [9.17, 15) is 0 Å². The SMILES string of the molecule is Cc1nc(-c2c(C)c(C)cc(C)c2C)c(C)[nH]1. The molecule has 0 spiro atoms. The van der Waals surface area contributed by atoms with Crippen LogP contribution in [0.3, 0.4) is 0 Å². The lowest BCUT2D eigenvalue weighted by molar-refractivity contribution is 1.13. The van der Waals surface area contributed by atoms with Gasteiger partial charge in [-0.05, 0) is 63.8 Å². The topological polar surface area (TPSA) is 28.7 Å². The summed E-state index contributed by atoms with van der Waals surface area (Å²) < 4.78 is 0. The number of aromatic amines is 1. The number of nitrogens with zero attached hydrogens (tertiary/aromatic N) is 1. The second-order valence-corrected chi connectivity index (χ2v) is 4.93. The van der Waals surface area contributed by atoms with Gasteiger partial charge < -0.3 is 4.98 Å². The van der Waals surface area contributed by atoms with E-state index >= 15 is 0 Å². The van der Waals surface area contributed by atoms with Gasteiger partial charge in [0.15, 0.2) is 0 Å². The van der Waals surface area contributed by atoms with Gasteiger partial charge in [-0.1, -0.05) is 6.07 Å². The van der Waals surface area contributed by atoms with Crippen LogP contribution in [-0.4, -0.2) is 9.97 Å². The number of aryl methyl sites for hydroxylation is 4. The summed E-state index contributed by atoms with van der Waals surface area (Å²) in [5.74, 6) is 0.982. The van der Waals surface area contributed by atoms with Crippen LogP contribution < -0.4 is 0 Å². The van der Waals surface area contributed by atoms with Crippen LogP contribution in [0, 0.1) is 41.5 Å². The predicted octanol–water partition coefficient (Wildman–Crippen LogP) is 3.93. The molecule has 0 aliphatic heterocycles. The molecule has 0 radical (unpaired) electrons. The van der Waals surface area contributed by atoms with Crippen molar-refractivity contribution in [3.63, 3.8) is 0 Å². The van der Waals surface area contributed by atoms with Crippen LogP contribution in [0.1, 0.15) is 33.8 Å². The van der Waals surface area contributed by atoms with Crippen LogP contribution in [0.2, 0.25) is 0 Å². The molecule has 1 aromatic heterocycles. The fourth-order valence-electron chi connectivity index (χ4n) is 2.43. The summed E-state index contributed by atoms with van der Waals surface area (Å²) in [6, 6.07) is 2.25. The third-order valence-corrected chi connectivity index (χ3v) is 3.61. The smallest absolute Gasteiger partial charge is 0.103 e. The van der Waals surface area contributed by atoms with E-state index in [-0.39, 0.29) is 0 Å². The van der Waals surface area contributed by atoms with Gasteiger partial charge in [-0.3, -0.25) is 0 Å². The Labute approximate surface area is 103 Å². The maximum Gasteiger partial charge on any atom is 0.103 e. The molecule has 2 heteroatoms. The summed E-state index contributed by atoms with van der Waals surface area (Å²) in [5, 5.41) is 0. The van der Waals surface area contributed by atoms with Crippen LogP contribution in [0.25, 0.3) is 11.3 Å². The Morgan fingerprint density at radius 2 is 1.41 bits per heavy atom. The van der Waals surface area contributed by atoms with Crippen molar-refractivity contribution in [1.29, 1.82) is 0 Å². The number of H-pyrrole nitrogens is 1. The minimum Gasteiger partial charge on any atom is -0.346 e. The zero-order valence-corrected chi connectivity index (χ0v) is 11.5. The third kappa shape index (κ3) is 1.88. The molecule has 0 unspecified atom stereocenters. The van der Waals surface area contributed by atoms with Gasteiger partial charge in [-0.15, -0.1) is 0 Å². The first-order valence-corrected chi connectivity index (χ1v) is 6.02. The standard InChI is InChI=1S/C15H20N2/c1-8-7-9(2)11(4)14(10(8)3)15-12(5)16-13(6)17-15/h7H,1-6H3,(H,16,17). The van der Waals surface area contributed by atoms with Gasteiger partial charge in [0.05, 0.1) is 5.69 Å². The molecular formula is C15H20N2. The number of hydrogen-bond acceptors (Lipinski definition) is 1. The number of imidazole rings is 1. The van der Waals surface area contributed by atoms with Gasteiger partial charge in [0.2, 0.25) is 0 Å². The molecule has 0 bridgehead atoms. The lowest BCUT2D eigenvalue weighted by atomic mass is 9.92. The Morgan fingerprint density at radius 3 is 1.82 bits per heavy atom. The molecule has 1 aromatic carbocycles. The van der Waals surface area contributed by atoms with E-state index in [4.69, 9.17) is 0 Å². The highest BCUT2D eigenvalue weighted by molar-refractivity contribution is 5.72. The second-order valence-electron chi connectivity index (χ2n) is 4.93. The van der Waals surface area contributed by atoms with Gasteiger partial charge in [-0.2, -0.15) is 0 Å². The fourth-order valence-corrected chi connectivity index (χ4v) is 2.43. The summed E-state index contributed by atoms with van der Waals surface area (Å²) in [6.07, 6.45) is 0. The number of benzene rings is 1. The minimum atomic E-state index is 0.982. The Bertz CT molecular complexity index is 551. The van der Waals surface area contributed by atoms with E-state index in [2.05, 4.69) is 50.7 Å². The maximum absolute atomic E-state index is 4.63. The van der Waals surface area contributed by atoms with Crippen LogP contribution in [0.5, 0.6) is 0 Å². The summed E-state index contributed by atoms with van der Waals surface area (Å²) in [4.78, 5) is 7.92. The minimum absolute atomic E-state index is 0.982. The van der Waals surface area contributed by atoms with Gasteiger partial charge in [-0.25, -0.2) is 4.98 Å². The number of rotatable bonds is 1. The summed E-state index contributed by atoms with van der Waals surface area (Å²) >= 11 is 0. The van der Waals surface area contributed by atoms with Gasteiger partial charge in [0, 0.05) is 11.3 Å². The van der Waals surface area contributed by atoms with E-state index in [1.165, 1.54) is 27.8 Å². The third-order valence-electron chi connectivity index (χ3n) is 3.61. The Kier molecular flexibility index (Phi) is 2.82. The quantitative estimate of drug-likeness (QED) is 0.787. The molecule has 0 atom stereocenters. The van der Waals surface area contributed by atoms with Crippen molar-refractivity contribution in [3.05, 3.63) is 39.8 Å². The normalized spacial score (nSPS) is 10.9. The molecular weight excluding hydrogens is 208 g/mol. The molecule has 1 heterocycles. The predicted molar refractivity (Wildman–Crippen MR) is 72.4 cm³/mol. The molecule has 17 heavy (non-hydrogen) atoms. The molecule has 0 fully saturated rings. The molecule has 2 aromatic rings. The monoisotopic (exact) mass is 228 g/mol.